The number of nitriles is 1. The third kappa shape index (κ3) is 2.00. The summed E-state index contributed by atoms with van der Waals surface area (Å²) < 4.78 is 2.86. The van der Waals surface area contributed by atoms with Gasteiger partial charge in [0.25, 0.3) is 0 Å². The van der Waals surface area contributed by atoms with Gasteiger partial charge in [0.05, 0.1) is 12.6 Å². The van der Waals surface area contributed by atoms with Gasteiger partial charge >= 0.3 is 5.69 Å². The Morgan fingerprint density at radius 1 is 1.58 bits per heavy atom. The molecule has 0 atom stereocenters. The van der Waals surface area contributed by atoms with Crippen molar-refractivity contribution in [1.82, 2.24) is 19.2 Å². The molecule has 0 bridgehead atoms. The van der Waals surface area contributed by atoms with E-state index in [0.29, 0.717) is 29.6 Å². The highest BCUT2D eigenvalue weighted by atomic mass is 35.5. The van der Waals surface area contributed by atoms with Crippen LogP contribution in [0.1, 0.15) is 25.1 Å². The summed E-state index contributed by atoms with van der Waals surface area (Å²) in [4.78, 5) is 16.3. The summed E-state index contributed by atoms with van der Waals surface area (Å²) in [6.07, 6.45) is 2.41. The molecular weight excluding hydrogens is 266 g/mol. The van der Waals surface area contributed by atoms with Gasteiger partial charge in [-0.2, -0.15) is 5.26 Å². The SMILES string of the molecule is Cc1nc(Cl)cc2nn(CC3(CC#N)CC3)c(=O)n12. The smallest absolute Gasteiger partial charge is 0.246 e. The Kier molecular flexibility index (Phi) is 2.61. The van der Waals surface area contributed by atoms with Crippen LogP contribution >= 0.6 is 11.6 Å². The molecule has 1 fully saturated rings. The van der Waals surface area contributed by atoms with Crippen LogP contribution in [0.25, 0.3) is 5.65 Å². The van der Waals surface area contributed by atoms with Gasteiger partial charge in [-0.05, 0) is 19.8 Å². The summed E-state index contributed by atoms with van der Waals surface area (Å²) in [5.41, 5.74) is 0.206. The van der Waals surface area contributed by atoms with Crippen molar-refractivity contribution < 1.29 is 0 Å². The molecular formula is C12H12ClN5O. The third-order valence-corrected chi connectivity index (χ3v) is 3.79. The lowest BCUT2D eigenvalue weighted by atomic mass is 10.0. The summed E-state index contributed by atoms with van der Waals surface area (Å²) in [6.45, 7) is 2.20. The minimum atomic E-state index is -0.221. The van der Waals surface area contributed by atoms with Gasteiger partial charge in [-0.3, -0.25) is 0 Å². The van der Waals surface area contributed by atoms with Gasteiger partial charge < -0.3 is 0 Å². The van der Waals surface area contributed by atoms with Crippen molar-refractivity contribution >= 4 is 17.2 Å². The van der Waals surface area contributed by atoms with Crippen molar-refractivity contribution in [3.63, 3.8) is 0 Å². The maximum Gasteiger partial charge on any atom is 0.351 e. The molecule has 2 heterocycles. The van der Waals surface area contributed by atoms with Gasteiger partial charge in [-0.25, -0.2) is 18.9 Å². The van der Waals surface area contributed by atoms with Gasteiger partial charge in [0.2, 0.25) is 0 Å². The maximum absolute atomic E-state index is 12.3. The molecule has 0 amide bonds. The van der Waals surface area contributed by atoms with Crippen LogP contribution in [0.2, 0.25) is 5.15 Å². The second kappa shape index (κ2) is 4.07. The van der Waals surface area contributed by atoms with E-state index < -0.39 is 0 Å². The molecule has 19 heavy (non-hydrogen) atoms. The lowest BCUT2D eigenvalue weighted by Crippen LogP contribution is -2.26. The molecule has 0 radical (unpaired) electrons. The predicted molar refractivity (Wildman–Crippen MR) is 68.9 cm³/mol. The van der Waals surface area contributed by atoms with E-state index in [9.17, 15) is 4.79 Å². The monoisotopic (exact) mass is 277 g/mol. The molecule has 1 aliphatic carbocycles. The number of hydrogen-bond donors (Lipinski definition) is 0. The average Bonchev–Trinajstić information content (AvgIpc) is 3.00. The predicted octanol–water partition coefficient (Wildman–Crippen LogP) is 1.55. The number of hydrogen-bond acceptors (Lipinski definition) is 4. The Labute approximate surface area is 114 Å². The van der Waals surface area contributed by atoms with Gasteiger partial charge in [0.1, 0.15) is 11.0 Å². The van der Waals surface area contributed by atoms with E-state index in [-0.39, 0.29) is 11.1 Å². The summed E-state index contributed by atoms with van der Waals surface area (Å²) >= 11 is 5.86. The van der Waals surface area contributed by atoms with Crippen LogP contribution in [-0.4, -0.2) is 19.2 Å². The van der Waals surface area contributed by atoms with E-state index >= 15 is 0 Å². The summed E-state index contributed by atoms with van der Waals surface area (Å²) in [7, 11) is 0. The van der Waals surface area contributed by atoms with Gasteiger partial charge in [-0.1, -0.05) is 11.6 Å². The maximum atomic E-state index is 12.3. The zero-order valence-electron chi connectivity index (χ0n) is 10.4. The molecule has 0 spiro atoms. The third-order valence-electron chi connectivity index (χ3n) is 3.60. The van der Waals surface area contributed by atoms with Crippen molar-refractivity contribution in [1.29, 1.82) is 5.26 Å². The van der Waals surface area contributed by atoms with Crippen LogP contribution in [0.4, 0.5) is 0 Å². The molecule has 3 rings (SSSR count). The van der Waals surface area contributed by atoms with Crippen molar-refractivity contribution in [3.05, 3.63) is 27.5 Å². The minimum absolute atomic E-state index is 0.0678. The topological polar surface area (TPSA) is 76.0 Å². The first-order chi connectivity index (χ1) is 9.04. The van der Waals surface area contributed by atoms with E-state index in [2.05, 4.69) is 16.2 Å². The molecule has 0 N–H and O–H groups in total. The minimum Gasteiger partial charge on any atom is -0.246 e. The van der Waals surface area contributed by atoms with Crippen LogP contribution in [0, 0.1) is 23.7 Å². The number of rotatable bonds is 3. The first kappa shape index (κ1) is 12.2. The van der Waals surface area contributed by atoms with Crippen molar-refractivity contribution in [2.75, 3.05) is 0 Å². The number of nitrogens with zero attached hydrogens (tertiary/aromatic N) is 5. The molecule has 0 saturated heterocycles. The van der Waals surface area contributed by atoms with Crippen LogP contribution in [0.3, 0.4) is 0 Å². The van der Waals surface area contributed by atoms with Crippen LogP contribution in [-0.2, 0) is 6.54 Å². The van der Waals surface area contributed by atoms with E-state index in [1.165, 1.54) is 9.08 Å². The Morgan fingerprint density at radius 3 is 2.95 bits per heavy atom. The van der Waals surface area contributed by atoms with Gasteiger partial charge in [-0.15, -0.1) is 5.10 Å². The molecule has 6 nitrogen and oxygen atoms in total. The molecule has 7 heteroatoms. The highest BCUT2D eigenvalue weighted by Gasteiger charge is 2.43. The standard InChI is InChI=1S/C12H12ClN5O/c1-8-15-9(13)6-10-16-17(11(19)18(8)10)7-12(2-3-12)4-5-14/h6H,2-4,7H2,1H3. The highest BCUT2D eigenvalue weighted by molar-refractivity contribution is 6.29. The van der Waals surface area contributed by atoms with E-state index in [4.69, 9.17) is 16.9 Å². The highest BCUT2D eigenvalue weighted by Crippen LogP contribution is 2.49. The zero-order valence-corrected chi connectivity index (χ0v) is 11.2. The quantitative estimate of drug-likeness (QED) is 0.798. The van der Waals surface area contributed by atoms with E-state index in [1.54, 1.807) is 13.0 Å². The fourth-order valence-electron chi connectivity index (χ4n) is 2.32. The normalized spacial score (nSPS) is 16.5. The fraction of sp³-hybridized carbons (Fsp3) is 0.500. The molecule has 1 aliphatic rings. The number of fused-ring (bicyclic) bond motifs is 1. The average molecular weight is 278 g/mol. The first-order valence-electron chi connectivity index (χ1n) is 6.04. The lowest BCUT2D eigenvalue weighted by Gasteiger charge is -2.08. The van der Waals surface area contributed by atoms with E-state index in [1.807, 2.05) is 0 Å². The molecule has 98 valence electrons. The summed E-state index contributed by atoms with van der Waals surface area (Å²) in [5.74, 6) is 0.517. The number of halogens is 1. The molecule has 0 unspecified atom stereocenters. The Hall–Kier alpha value is -1.87. The summed E-state index contributed by atoms with van der Waals surface area (Å²) in [5, 5.41) is 13.4. The van der Waals surface area contributed by atoms with E-state index in [0.717, 1.165) is 12.8 Å². The van der Waals surface area contributed by atoms with Crippen molar-refractivity contribution in [3.8, 4) is 6.07 Å². The van der Waals surface area contributed by atoms with Crippen LogP contribution in [0.15, 0.2) is 10.9 Å². The Bertz CT molecular complexity index is 750. The van der Waals surface area contributed by atoms with Crippen molar-refractivity contribution in [2.24, 2.45) is 5.41 Å². The van der Waals surface area contributed by atoms with Crippen molar-refractivity contribution in [2.45, 2.75) is 32.7 Å². The second-order valence-corrected chi connectivity index (χ2v) is 5.48. The number of aromatic nitrogens is 4. The van der Waals surface area contributed by atoms with Gasteiger partial charge in [0, 0.05) is 17.9 Å². The molecule has 0 aromatic carbocycles. The Balaban J connectivity index is 2.07. The largest absolute Gasteiger partial charge is 0.351 e. The van der Waals surface area contributed by atoms with Gasteiger partial charge in [0.15, 0.2) is 5.65 Å². The molecule has 0 aliphatic heterocycles. The molecule has 2 aromatic rings. The second-order valence-electron chi connectivity index (χ2n) is 5.09. The summed E-state index contributed by atoms with van der Waals surface area (Å²) in [6, 6.07) is 3.75. The van der Waals surface area contributed by atoms with Crippen LogP contribution < -0.4 is 5.69 Å². The Morgan fingerprint density at radius 2 is 2.32 bits per heavy atom. The van der Waals surface area contributed by atoms with Crippen LogP contribution in [0.5, 0.6) is 0 Å². The molecule has 2 aromatic heterocycles. The number of aryl methyl sites for hydroxylation is 1. The first-order valence-corrected chi connectivity index (χ1v) is 6.42. The lowest BCUT2D eigenvalue weighted by molar-refractivity contribution is 0.396. The molecule has 1 saturated carbocycles. The zero-order chi connectivity index (χ0) is 13.6. The fourth-order valence-corrected chi connectivity index (χ4v) is 2.54.